The highest BCUT2D eigenvalue weighted by Crippen LogP contribution is 2.22. The van der Waals surface area contributed by atoms with Crippen molar-refractivity contribution in [3.63, 3.8) is 0 Å². The van der Waals surface area contributed by atoms with Crippen molar-refractivity contribution in [2.45, 2.75) is 18.7 Å². The summed E-state index contributed by atoms with van der Waals surface area (Å²) in [6, 6.07) is 0. The van der Waals surface area contributed by atoms with E-state index in [0.717, 1.165) is 19.5 Å². The Hall–Kier alpha value is -1.03. The summed E-state index contributed by atoms with van der Waals surface area (Å²) in [6.07, 6.45) is 4.26. The van der Waals surface area contributed by atoms with Crippen molar-refractivity contribution < 1.29 is 4.79 Å². The van der Waals surface area contributed by atoms with Gasteiger partial charge in [-0.15, -0.1) is 11.6 Å². The lowest BCUT2D eigenvalue weighted by Crippen LogP contribution is -2.43. The molecule has 1 amide bonds. The Labute approximate surface area is 100 Å². The lowest BCUT2D eigenvalue weighted by molar-refractivity contribution is 0.0681. The van der Waals surface area contributed by atoms with Crippen molar-refractivity contribution >= 4 is 17.5 Å². The van der Waals surface area contributed by atoms with Gasteiger partial charge < -0.3 is 9.47 Å². The van der Waals surface area contributed by atoms with Crippen LogP contribution >= 0.6 is 11.6 Å². The van der Waals surface area contributed by atoms with Crippen molar-refractivity contribution in [3.05, 3.63) is 18.2 Å². The molecule has 4 nitrogen and oxygen atoms in total. The Morgan fingerprint density at radius 3 is 2.94 bits per heavy atom. The fraction of sp³-hybridized carbons (Fsp3) is 0.636. The molecule has 16 heavy (non-hydrogen) atoms. The predicted octanol–water partition coefficient (Wildman–Crippen LogP) is 1.51. The molecule has 1 saturated heterocycles. The van der Waals surface area contributed by atoms with Crippen LogP contribution in [0.2, 0.25) is 0 Å². The van der Waals surface area contributed by atoms with Gasteiger partial charge in [0.1, 0.15) is 5.69 Å². The second-order valence-corrected chi connectivity index (χ2v) is 5.02. The van der Waals surface area contributed by atoms with Crippen molar-refractivity contribution in [1.29, 1.82) is 0 Å². The molecule has 0 aromatic carbocycles. The molecule has 0 spiro atoms. The van der Waals surface area contributed by atoms with Crippen molar-refractivity contribution in [2.75, 3.05) is 13.1 Å². The number of likely N-dealkylation sites (tertiary alicyclic amines) is 1. The third-order valence-corrected chi connectivity index (χ3v) is 3.66. The fourth-order valence-electron chi connectivity index (χ4n) is 1.99. The monoisotopic (exact) mass is 241 g/mol. The summed E-state index contributed by atoms with van der Waals surface area (Å²) in [5.74, 6) is 0.360. The number of imidazole rings is 1. The van der Waals surface area contributed by atoms with E-state index < -0.39 is 0 Å². The van der Waals surface area contributed by atoms with E-state index in [-0.39, 0.29) is 11.3 Å². The van der Waals surface area contributed by atoms with Gasteiger partial charge in [0.15, 0.2) is 0 Å². The van der Waals surface area contributed by atoms with Crippen LogP contribution in [0, 0.1) is 5.92 Å². The molecule has 88 valence electrons. The Morgan fingerprint density at radius 2 is 2.38 bits per heavy atom. The molecule has 0 aliphatic carbocycles. The number of amides is 1. The summed E-state index contributed by atoms with van der Waals surface area (Å²) >= 11 is 6.13. The lowest BCUT2D eigenvalue weighted by atomic mass is 9.99. The zero-order valence-corrected chi connectivity index (χ0v) is 10.3. The third kappa shape index (κ3) is 2.21. The van der Waals surface area contributed by atoms with E-state index in [9.17, 15) is 4.79 Å². The molecule has 2 atom stereocenters. The van der Waals surface area contributed by atoms with Gasteiger partial charge in [-0.1, -0.05) is 6.92 Å². The summed E-state index contributed by atoms with van der Waals surface area (Å²) in [5.41, 5.74) is 0.516. The molecule has 0 N–H and O–H groups in total. The van der Waals surface area contributed by atoms with Gasteiger partial charge in [0.05, 0.1) is 6.33 Å². The highest BCUT2D eigenvalue weighted by atomic mass is 35.5. The average Bonchev–Trinajstić information content (AvgIpc) is 2.68. The molecule has 1 aliphatic rings. The van der Waals surface area contributed by atoms with Crippen LogP contribution in [0.15, 0.2) is 12.5 Å². The van der Waals surface area contributed by atoms with Crippen LogP contribution in [0.4, 0.5) is 0 Å². The van der Waals surface area contributed by atoms with Crippen LogP contribution in [0.3, 0.4) is 0 Å². The molecule has 1 aromatic rings. The van der Waals surface area contributed by atoms with Gasteiger partial charge in [-0.2, -0.15) is 0 Å². The molecule has 1 fully saturated rings. The average molecular weight is 242 g/mol. The van der Waals surface area contributed by atoms with Crippen LogP contribution in [0.25, 0.3) is 0 Å². The Morgan fingerprint density at radius 1 is 1.62 bits per heavy atom. The number of hydrogen-bond acceptors (Lipinski definition) is 2. The minimum absolute atomic E-state index is 0.0102. The molecule has 0 bridgehead atoms. The van der Waals surface area contributed by atoms with Gasteiger partial charge >= 0.3 is 0 Å². The van der Waals surface area contributed by atoms with E-state index in [0.29, 0.717) is 11.6 Å². The summed E-state index contributed by atoms with van der Waals surface area (Å²) in [6.45, 7) is 3.53. The van der Waals surface area contributed by atoms with Gasteiger partial charge in [0, 0.05) is 31.7 Å². The van der Waals surface area contributed by atoms with Crippen molar-refractivity contribution in [3.8, 4) is 0 Å². The first-order valence-electron chi connectivity index (χ1n) is 5.49. The van der Waals surface area contributed by atoms with E-state index in [4.69, 9.17) is 11.6 Å². The third-order valence-electron chi connectivity index (χ3n) is 3.01. The molecule has 2 rings (SSSR count). The largest absolute Gasteiger partial charge is 0.340 e. The number of hydrogen-bond donors (Lipinski definition) is 0. The molecule has 2 unspecified atom stereocenters. The van der Waals surface area contributed by atoms with Gasteiger partial charge in [0.2, 0.25) is 0 Å². The zero-order valence-electron chi connectivity index (χ0n) is 9.56. The second kappa shape index (κ2) is 4.45. The number of aryl methyl sites for hydroxylation is 1. The Kier molecular flexibility index (Phi) is 3.19. The summed E-state index contributed by atoms with van der Waals surface area (Å²) < 4.78 is 1.78. The molecule has 1 aliphatic heterocycles. The first-order valence-corrected chi connectivity index (χ1v) is 5.93. The molecule has 5 heteroatoms. The van der Waals surface area contributed by atoms with Gasteiger partial charge in [-0.05, 0) is 12.3 Å². The Bertz CT molecular complexity index is 390. The maximum absolute atomic E-state index is 12.1. The van der Waals surface area contributed by atoms with Crippen LogP contribution in [-0.2, 0) is 7.05 Å². The first-order chi connectivity index (χ1) is 7.58. The lowest BCUT2D eigenvalue weighted by Gasteiger charge is -2.33. The highest BCUT2D eigenvalue weighted by molar-refractivity contribution is 6.20. The summed E-state index contributed by atoms with van der Waals surface area (Å²) in [7, 11) is 1.86. The van der Waals surface area contributed by atoms with Gasteiger partial charge in [-0.25, -0.2) is 4.98 Å². The molecular formula is C11H16ClN3O. The molecular weight excluding hydrogens is 226 g/mol. The molecule has 1 aromatic heterocycles. The summed E-state index contributed by atoms with van der Waals surface area (Å²) in [4.78, 5) is 18.0. The van der Waals surface area contributed by atoms with Crippen LogP contribution in [-0.4, -0.2) is 38.8 Å². The van der Waals surface area contributed by atoms with Crippen LogP contribution in [0.1, 0.15) is 23.8 Å². The van der Waals surface area contributed by atoms with Gasteiger partial charge in [-0.3, -0.25) is 4.79 Å². The molecule has 0 radical (unpaired) electrons. The number of alkyl halides is 1. The van der Waals surface area contributed by atoms with Crippen LogP contribution < -0.4 is 0 Å². The topological polar surface area (TPSA) is 38.1 Å². The van der Waals surface area contributed by atoms with Crippen molar-refractivity contribution in [2.24, 2.45) is 13.0 Å². The maximum Gasteiger partial charge on any atom is 0.274 e. The van der Waals surface area contributed by atoms with Crippen molar-refractivity contribution in [1.82, 2.24) is 14.5 Å². The number of aromatic nitrogens is 2. The standard InChI is InChI=1S/C11H16ClN3O/c1-8-5-15(4-3-9(8)12)11(16)10-6-14(2)7-13-10/h6-9H,3-5H2,1-2H3. The summed E-state index contributed by atoms with van der Waals surface area (Å²) in [5, 5.41) is 0.188. The normalized spacial score (nSPS) is 25.8. The number of rotatable bonds is 1. The van der Waals surface area contributed by atoms with E-state index in [1.807, 2.05) is 11.9 Å². The Balaban J connectivity index is 2.06. The SMILES string of the molecule is CC1CN(C(=O)c2cn(C)cn2)CCC1Cl. The number of carbonyl (C=O) groups is 1. The van der Waals surface area contributed by atoms with E-state index >= 15 is 0 Å². The number of halogens is 1. The number of piperidine rings is 1. The first kappa shape index (κ1) is 11.5. The second-order valence-electron chi connectivity index (χ2n) is 4.46. The highest BCUT2D eigenvalue weighted by Gasteiger charge is 2.28. The van der Waals surface area contributed by atoms with E-state index in [1.165, 1.54) is 0 Å². The quantitative estimate of drug-likeness (QED) is 0.699. The molecule has 2 heterocycles. The maximum atomic E-state index is 12.1. The smallest absolute Gasteiger partial charge is 0.274 e. The fourth-order valence-corrected chi connectivity index (χ4v) is 2.16. The van der Waals surface area contributed by atoms with E-state index in [2.05, 4.69) is 11.9 Å². The number of nitrogens with zero attached hydrogens (tertiary/aromatic N) is 3. The van der Waals surface area contributed by atoms with E-state index in [1.54, 1.807) is 17.1 Å². The zero-order chi connectivity index (χ0) is 11.7. The van der Waals surface area contributed by atoms with Gasteiger partial charge in [0.25, 0.3) is 5.91 Å². The molecule has 0 saturated carbocycles. The minimum Gasteiger partial charge on any atom is -0.340 e. The number of carbonyl (C=O) groups excluding carboxylic acids is 1. The van der Waals surface area contributed by atoms with Crippen LogP contribution in [0.5, 0.6) is 0 Å². The minimum atomic E-state index is 0.0102. The predicted molar refractivity (Wildman–Crippen MR) is 62.5 cm³/mol.